The van der Waals surface area contributed by atoms with Gasteiger partial charge < -0.3 is 0 Å². The molecule has 0 bridgehead atoms. The minimum Gasteiger partial charge on any atom is -0.211 e. The van der Waals surface area contributed by atoms with Gasteiger partial charge in [-0.3, -0.25) is 0 Å². The lowest BCUT2D eigenvalue weighted by molar-refractivity contribution is 0.384. The number of nitriles is 3. The number of hydrogen-bond acceptors (Lipinski definition) is 5. The van der Waals surface area contributed by atoms with Gasteiger partial charge in [0.25, 0.3) is 0 Å². The number of hydrogen-bond donors (Lipinski definition) is 0. The molecule has 0 aliphatic rings. The number of nitrogens with zero attached hydrogens (tertiary/aromatic N) is 4. The van der Waals surface area contributed by atoms with E-state index in [9.17, 15) is 8.42 Å². The van der Waals surface area contributed by atoms with Crippen LogP contribution in [0.2, 0.25) is 0 Å². The Morgan fingerprint density at radius 1 is 0.484 bits per heavy atom. The van der Waals surface area contributed by atoms with E-state index in [1.54, 1.807) is 6.07 Å². The third-order valence-electron chi connectivity index (χ3n) is 5.53. The molecular formula is C24H42N4O2S. The van der Waals surface area contributed by atoms with Crippen molar-refractivity contribution in [1.82, 2.24) is 4.31 Å². The van der Waals surface area contributed by atoms with E-state index in [1.165, 1.54) is 30.0 Å². The number of rotatable bonds is 22. The van der Waals surface area contributed by atoms with Gasteiger partial charge >= 0.3 is 0 Å². The maximum atomic E-state index is 12.4. The fourth-order valence-corrected chi connectivity index (χ4v) is 4.83. The second kappa shape index (κ2) is 21.6. The second-order valence-electron chi connectivity index (χ2n) is 8.29. The minimum atomic E-state index is -3.47. The van der Waals surface area contributed by atoms with Crippen molar-refractivity contribution in [3.8, 4) is 18.2 Å². The highest BCUT2D eigenvalue weighted by Crippen LogP contribution is 2.14. The molecule has 0 aromatic carbocycles. The average Bonchev–Trinajstić information content (AvgIpc) is 2.74. The summed E-state index contributed by atoms with van der Waals surface area (Å²) < 4.78 is 26.3. The predicted molar refractivity (Wildman–Crippen MR) is 125 cm³/mol. The zero-order chi connectivity index (χ0) is 23.0. The zero-order valence-corrected chi connectivity index (χ0v) is 20.2. The standard InChI is InChI=1S/C24H42N4O2S/c25-19-15-11-7-3-1-5-9-13-17-22-28(31(29,30)24-21-27)23-18-14-10-6-2-4-8-12-16-20-26/h1-18,22-24H2. The van der Waals surface area contributed by atoms with Gasteiger partial charge in [0, 0.05) is 25.9 Å². The van der Waals surface area contributed by atoms with Crippen molar-refractivity contribution < 1.29 is 8.42 Å². The Kier molecular flexibility index (Phi) is 20.5. The van der Waals surface area contributed by atoms with Crippen LogP contribution >= 0.6 is 0 Å². The summed E-state index contributed by atoms with van der Waals surface area (Å²) in [5.41, 5.74) is 0. The molecule has 0 aliphatic carbocycles. The first-order valence-electron chi connectivity index (χ1n) is 12.2. The van der Waals surface area contributed by atoms with Crippen molar-refractivity contribution in [2.75, 3.05) is 18.8 Å². The molecule has 0 fully saturated rings. The average molecular weight is 451 g/mol. The van der Waals surface area contributed by atoms with Crippen molar-refractivity contribution in [2.24, 2.45) is 0 Å². The lowest BCUT2D eigenvalue weighted by atomic mass is 10.1. The van der Waals surface area contributed by atoms with E-state index >= 15 is 0 Å². The van der Waals surface area contributed by atoms with E-state index in [0.29, 0.717) is 25.9 Å². The van der Waals surface area contributed by atoms with Gasteiger partial charge in [-0.2, -0.15) is 15.8 Å². The summed E-state index contributed by atoms with van der Waals surface area (Å²) in [6, 6.07) is 6.14. The van der Waals surface area contributed by atoms with Crippen molar-refractivity contribution >= 4 is 10.0 Å². The molecule has 0 saturated heterocycles. The van der Waals surface area contributed by atoms with Crippen molar-refractivity contribution in [1.29, 1.82) is 15.8 Å². The predicted octanol–water partition coefficient (Wildman–Crippen LogP) is 6.21. The van der Waals surface area contributed by atoms with Crippen molar-refractivity contribution in [3.05, 3.63) is 0 Å². The molecule has 0 aromatic rings. The van der Waals surface area contributed by atoms with E-state index in [-0.39, 0.29) is 0 Å². The molecule has 7 heteroatoms. The Morgan fingerprint density at radius 3 is 1.13 bits per heavy atom. The summed E-state index contributed by atoms with van der Waals surface area (Å²) in [5, 5.41) is 25.9. The molecule has 176 valence electrons. The first-order valence-corrected chi connectivity index (χ1v) is 13.8. The van der Waals surface area contributed by atoms with Crippen LogP contribution in [-0.4, -0.2) is 31.6 Å². The van der Waals surface area contributed by atoms with Gasteiger partial charge in [-0.1, -0.05) is 77.0 Å². The van der Waals surface area contributed by atoms with Gasteiger partial charge in [0.1, 0.15) is 0 Å². The van der Waals surface area contributed by atoms with Crippen LogP contribution in [0.5, 0.6) is 0 Å². The fraction of sp³-hybridized carbons (Fsp3) is 0.875. The Hall–Kier alpha value is -1.62. The van der Waals surface area contributed by atoms with E-state index < -0.39 is 15.8 Å². The maximum Gasteiger partial charge on any atom is 0.227 e. The summed E-state index contributed by atoms with van der Waals surface area (Å²) in [6.07, 6.45) is 18.5. The molecule has 0 unspecified atom stereocenters. The summed E-state index contributed by atoms with van der Waals surface area (Å²) in [4.78, 5) is 0. The van der Waals surface area contributed by atoms with Crippen molar-refractivity contribution in [3.63, 3.8) is 0 Å². The van der Waals surface area contributed by atoms with Crippen LogP contribution in [0.4, 0.5) is 0 Å². The maximum absolute atomic E-state index is 12.4. The fourth-order valence-electron chi connectivity index (χ4n) is 3.67. The molecule has 6 nitrogen and oxygen atoms in total. The van der Waals surface area contributed by atoms with Crippen molar-refractivity contribution in [2.45, 2.75) is 116 Å². The van der Waals surface area contributed by atoms with Gasteiger partial charge in [-0.25, -0.2) is 12.7 Å². The molecule has 0 radical (unpaired) electrons. The molecule has 0 saturated carbocycles. The zero-order valence-electron chi connectivity index (χ0n) is 19.4. The van der Waals surface area contributed by atoms with E-state index in [0.717, 1.165) is 77.0 Å². The quantitative estimate of drug-likeness (QED) is 0.182. The highest BCUT2D eigenvalue weighted by molar-refractivity contribution is 7.89. The van der Waals surface area contributed by atoms with E-state index in [2.05, 4.69) is 12.1 Å². The molecule has 0 heterocycles. The third-order valence-corrected chi connectivity index (χ3v) is 7.18. The van der Waals surface area contributed by atoms with Crippen LogP contribution in [0.3, 0.4) is 0 Å². The van der Waals surface area contributed by atoms with Crippen LogP contribution in [0.15, 0.2) is 0 Å². The highest BCUT2D eigenvalue weighted by Gasteiger charge is 2.20. The van der Waals surface area contributed by atoms with Gasteiger partial charge in [-0.05, 0) is 25.7 Å². The normalized spacial score (nSPS) is 11.2. The van der Waals surface area contributed by atoms with Crippen LogP contribution in [0.25, 0.3) is 0 Å². The van der Waals surface area contributed by atoms with Gasteiger partial charge in [0.2, 0.25) is 10.0 Å². The Labute approximate surface area is 191 Å². The molecule has 0 aliphatic heterocycles. The summed E-state index contributed by atoms with van der Waals surface area (Å²) in [7, 11) is -3.47. The van der Waals surface area contributed by atoms with E-state index in [4.69, 9.17) is 15.8 Å². The lowest BCUT2D eigenvalue weighted by Crippen LogP contribution is -2.34. The van der Waals surface area contributed by atoms with E-state index in [1.807, 2.05) is 0 Å². The number of unbranched alkanes of at least 4 members (excludes halogenated alkanes) is 16. The lowest BCUT2D eigenvalue weighted by Gasteiger charge is -2.20. The smallest absolute Gasteiger partial charge is 0.211 e. The first kappa shape index (κ1) is 29.4. The Balaban J connectivity index is 3.94. The molecule has 0 N–H and O–H groups in total. The molecule has 0 aromatic heterocycles. The second-order valence-corrected chi connectivity index (χ2v) is 10.3. The summed E-state index contributed by atoms with van der Waals surface area (Å²) in [5.74, 6) is -0.432. The number of sulfonamides is 1. The first-order chi connectivity index (χ1) is 15.1. The molecule has 0 spiro atoms. The molecular weight excluding hydrogens is 408 g/mol. The Bertz CT molecular complexity index is 610. The van der Waals surface area contributed by atoms with Gasteiger partial charge in [-0.15, -0.1) is 0 Å². The molecule has 0 rings (SSSR count). The monoisotopic (exact) mass is 450 g/mol. The molecule has 0 atom stereocenters. The SMILES string of the molecule is N#CCCCCCCCCCCN(CCCCCCCCCCC#N)S(=O)(=O)CC#N. The topological polar surface area (TPSA) is 109 Å². The van der Waals surface area contributed by atoms with Crippen LogP contribution < -0.4 is 0 Å². The van der Waals surface area contributed by atoms with Crippen LogP contribution in [0.1, 0.15) is 116 Å². The van der Waals surface area contributed by atoms with Crippen LogP contribution in [-0.2, 0) is 10.0 Å². The summed E-state index contributed by atoms with van der Waals surface area (Å²) >= 11 is 0. The molecule has 0 amide bonds. The minimum absolute atomic E-state index is 0.432. The summed E-state index contributed by atoms with van der Waals surface area (Å²) in [6.45, 7) is 1.04. The van der Waals surface area contributed by atoms with Crippen LogP contribution in [0, 0.1) is 34.0 Å². The van der Waals surface area contributed by atoms with Gasteiger partial charge in [0.15, 0.2) is 5.75 Å². The Morgan fingerprint density at radius 2 is 0.806 bits per heavy atom. The van der Waals surface area contributed by atoms with Gasteiger partial charge in [0.05, 0.1) is 18.2 Å². The molecule has 31 heavy (non-hydrogen) atoms. The third kappa shape index (κ3) is 18.8. The largest absolute Gasteiger partial charge is 0.227 e. The highest BCUT2D eigenvalue weighted by atomic mass is 32.2.